The molecule has 0 amide bonds. The Morgan fingerprint density at radius 1 is 1.11 bits per heavy atom. The minimum Gasteiger partial charge on any atom is -0.491 e. The third kappa shape index (κ3) is 4.15. The standard InChI is InChI=1S/C17H27NO/c1-3-13-19-17-8-6-5-7-16(17)18-15-11-9-14(4-2)10-12-15/h5-8,14-15,18H,3-4,9-13H2,1-2H3. The lowest BCUT2D eigenvalue weighted by atomic mass is 9.84. The summed E-state index contributed by atoms with van der Waals surface area (Å²) in [6.07, 6.45) is 7.71. The molecular weight excluding hydrogens is 234 g/mol. The normalized spacial score (nSPS) is 23.1. The Bertz CT molecular complexity index is 369. The van der Waals surface area contributed by atoms with Crippen LogP contribution >= 0.6 is 0 Å². The van der Waals surface area contributed by atoms with E-state index in [9.17, 15) is 0 Å². The van der Waals surface area contributed by atoms with E-state index in [1.54, 1.807) is 0 Å². The summed E-state index contributed by atoms with van der Waals surface area (Å²) >= 11 is 0. The monoisotopic (exact) mass is 261 g/mol. The average molecular weight is 261 g/mol. The molecule has 0 atom stereocenters. The topological polar surface area (TPSA) is 21.3 Å². The van der Waals surface area contributed by atoms with Gasteiger partial charge in [0.25, 0.3) is 0 Å². The van der Waals surface area contributed by atoms with Crippen LogP contribution in [0.2, 0.25) is 0 Å². The van der Waals surface area contributed by atoms with Crippen LogP contribution in [0.4, 0.5) is 5.69 Å². The maximum atomic E-state index is 5.81. The Balaban J connectivity index is 1.91. The van der Waals surface area contributed by atoms with Gasteiger partial charge in [0.1, 0.15) is 5.75 Å². The quantitative estimate of drug-likeness (QED) is 0.790. The fourth-order valence-corrected chi connectivity index (χ4v) is 2.86. The number of benzene rings is 1. The van der Waals surface area contributed by atoms with Crippen molar-refractivity contribution in [2.45, 2.75) is 58.4 Å². The van der Waals surface area contributed by atoms with Crippen molar-refractivity contribution >= 4 is 5.69 Å². The zero-order valence-electron chi connectivity index (χ0n) is 12.3. The fourth-order valence-electron chi connectivity index (χ4n) is 2.86. The molecule has 1 aliphatic rings. The van der Waals surface area contributed by atoms with E-state index in [0.29, 0.717) is 6.04 Å². The van der Waals surface area contributed by atoms with Crippen LogP contribution in [0.25, 0.3) is 0 Å². The van der Waals surface area contributed by atoms with E-state index < -0.39 is 0 Å². The third-order valence-corrected chi connectivity index (χ3v) is 4.13. The number of hydrogen-bond acceptors (Lipinski definition) is 2. The summed E-state index contributed by atoms with van der Waals surface area (Å²) in [5.74, 6) is 1.95. The zero-order chi connectivity index (χ0) is 13.5. The first-order valence-electron chi connectivity index (χ1n) is 7.81. The minimum absolute atomic E-state index is 0.620. The van der Waals surface area contributed by atoms with Gasteiger partial charge in [-0.3, -0.25) is 0 Å². The zero-order valence-corrected chi connectivity index (χ0v) is 12.3. The summed E-state index contributed by atoms with van der Waals surface area (Å²) in [6.45, 7) is 5.25. The Kier molecular flexibility index (Phi) is 5.56. The van der Waals surface area contributed by atoms with Gasteiger partial charge in [-0.05, 0) is 50.2 Å². The third-order valence-electron chi connectivity index (χ3n) is 4.13. The molecule has 2 rings (SSSR count). The van der Waals surface area contributed by atoms with Crippen molar-refractivity contribution in [2.75, 3.05) is 11.9 Å². The summed E-state index contributed by atoms with van der Waals surface area (Å²) in [5.41, 5.74) is 1.16. The second-order valence-corrected chi connectivity index (χ2v) is 5.61. The molecule has 0 saturated heterocycles. The molecule has 106 valence electrons. The van der Waals surface area contributed by atoms with Crippen LogP contribution in [0.15, 0.2) is 24.3 Å². The van der Waals surface area contributed by atoms with Gasteiger partial charge < -0.3 is 10.1 Å². The van der Waals surface area contributed by atoms with Gasteiger partial charge in [0.15, 0.2) is 0 Å². The Labute approximate surface area is 117 Å². The SMILES string of the molecule is CCCOc1ccccc1NC1CCC(CC)CC1. The lowest BCUT2D eigenvalue weighted by Gasteiger charge is -2.29. The number of rotatable bonds is 6. The van der Waals surface area contributed by atoms with Crippen molar-refractivity contribution in [2.24, 2.45) is 5.92 Å². The highest BCUT2D eigenvalue weighted by Crippen LogP contribution is 2.31. The van der Waals surface area contributed by atoms with Crippen molar-refractivity contribution in [1.82, 2.24) is 0 Å². The lowest BCUT2D eigenvalue weighted by molar-refractivity contribution is 0.314. The first-order valence-corrected chi connectivity index (χ1v) is 7.81. The average Bonchev–Trinajstić information content (AvgIpc) is 2.47. The first kappa shape index (κ1) is 14.2. The molecule has 19 heavy (non-hydrogen) atoms. The number of nitrogens with one attached hydrogen (secondary N) is 1. The van der Waals surface area contributed by atoms with Crippen molar-refractivity contribution in [3.63, 3.8) is 0 Å². The van der Waals surface area contributed by atoms with Crippen molar-refractivity contribution in [3.05, 3.63) is 24.3 Å². The molecule has 1 aromatic carbocycles. The molecule has 0 spiro atoms. The highest BCUT2D eigenvalue weighted by molar-refractivity contribution is 5.56. The Morgan fingerprint density at radius 3 is 2.53 bits per heavy atom. The molecule has 1 aromatic rings. The molecule has 0 radical (unpaired) electrons. The van der Waals surface area contributed by atoms with Gasteiger partial charge in [-0.1, -0.05) is 32.4 Å². The van der Waals surface area contributed by atoms with E-state index in [0.717, 1.165) is 30.4 Å². The smallest absolute Gasteiger partial charge is 0.142 e. The van der Waals surface area contributed by atoms with Gasteiger partial charge in [0, 0.05) is 6.04 Å². The summed E-state index contributed by atoms with van der Waals surface area (Å²) < 4.78 is 5.81. The molecule has 0 unspecified atom stereocenters. The maximum absolute atomic E-state index is 5.81. The number of hydrogen-bond donors (Lipinski definition) is 1. The van der Waals surface area contributed by atoms with Gasteiger partial charge in [0.05, 0.1) is 12.3 Å². The molecular formula is C17H27NO. The van der Waals surface area contributed by atoms with Gasteiger partial charge in [-0.2, -0.15) is 0 Å². The summed E-state index contributed by atoms with van der Waals surface area (Å²) in [7, 11) is 0. The summed E-state index contributed by atoms with van der Waals surface area (Å²) in [5, 5.41) is 3.68. The second kappa shape index (κ2) is 7.42. The van der Waals surface area contributed by atoms with Gasteiger partial charge >= 0.3 is 0 Å². The van der Waals surface area contributed by atoms with Crippen molar-refractivity contribution in [1.29, 1.82) is 0 Å². The molecule has 2 heteroatoms. The molecule has 1 saturated carbocycles. The molecule has 0 heterocycles. The summed E-state index contributed by atoms with van der Waals surface area (Å²) in [4.78, 5) is 0. The maximum Gasteiger partial charge on any atom is 0.142 e. The minimum atomic E-state index is 0.620. The van der Waals surface area contributed by atoms with E-state index in [2.05, 4.69) is 37.4 Å². The van der Waals surface area contributed by atoms with Gasteiger partial charge in [-0.15, -0.1) is 0 Å². The van der Waals surface area contributed by atoms with Crippen LogP contribution < -0.4 is 10.1 Å². The van der Waals surface area contributed by atoms with Gasteiger partial charge in [-0.25, -0.2) is 0 Å². The number of ether oxygens (including phenoxy) is 1. The molecule has 2 nitrogen and oxygen atoms in total. The lowest BCUT2D eigenvalue weighted by Crippen LogP contribution is -2.26. The molecule has 0 aliphatic heterocycles. The van der Waals surface area contributed by atoms with E-state index in [1.165, 1.54) is 32.1 Å². The van der Waals surface area contributed by atoms with E-state index >= 15 is 0 Å². The van der Waals surface area contributed by atoms with Crippen LogP contribution in [0.1, 0.15) is 52.4 Å². The van der Waals surface area contributed by atoms with Crippen LogP contribution in [-0.4, -0.2) is 12.6 Å². The highest BCUT2D eigenvalue weighted by atomic mass is 16.5. The van der Waals surface area contributed by atoms with E-state index in [4.69, 9.17) is 4.74 Å². The number of para-hydroxylation sites is 2. The fraction of sp³-hybridized carbons (Fsp3) is 0.647. The first-order chi connectivity index (χ1) is 9.33. The predicted molar refractivity (Wildman–Crippen MR) is 81.9 cm³/mol. The molecule has 0 aromatic heterocycles. The largest absolute Gasteiger partial charge is 0.491 e. The van der Waals surface area contributed by atoms with Crippen LogP contribution in [0.5, 0.6) is 5.75 Å². The van der Waals surface area contributed by atoms with Crippen LogP contribution in [0, 0.1) is 5.92 Å². The van der Waals surface area contributed by atoms with Crippen LogP contribution in [0.3, 0.4) is 0 Å². The Hall–Kier alpha value is -1.18. The molecule has 1 aliphatic carbocycles. The molecule has 1 fully saturated rings. The molecule has 0 bridgehead atoms. The van der Waals surface area contributed by atoms with E-state index in [1.807, 2.05) is 6.07 Å². The predicted octanol–water partition coefficient (Wildman–Crippen LogP) is 4.86. The molecule has 1 N–H and O–H groups in total. The second-order valence-electron chi connectivity index (χ2n) is 5.61. The van der Waals surface area contributed by atoms with Gasteiger partial charge in [0.2, 0.25) is 0 Å². The number of anilines is 1. The summed E-state index contributed by atoms with van der Waals surface area (Å²) in [6, 6.07) is 8.95. The Morgan fingerprint density at radius 2 is 1.84 bits per heavy atom. The van der Waals surface area contributed by atoms with Crippen molar-refractivity contribution < 1.29 is 4.74 Å². The van der Waals surface area contributed by atoms with E-state index in [-0.39, 0.29) is 0 Å². The highest BCUT2D eigenvalue weighted by Gasteiger charge is 2.20. The van der Waals surface area contributed by atoms with Crippen molar-refractivity contribution in [3.8, 4) is 5.75 Å². The van der Waals surface area contributed by atoms with Crippen LogP contribution in [-0.2, 0) is 0 Å².